The lowest BCUT2D eigenvalue weighted by Crippen LogP contribution is -2.38. The van der Waals surface area contributed by atoms with Crippen LogP contribution in [0.3, 0.4) is 0 Å². The predicted octanol–water partition coefficient (Wildman–Crippen LogP) is 1.51. The molecular weight excluding hydrogens is 299 g/mol. The average molecular weight is 318 g/mol. The van der Waals surface area contributed by atoms with Crippen LogP contribution < -0.4 is 10.6 Å². The molecular formula is C16H19FN4O2. The minimum atomic E-state index is -0.478. The van der Waals surface area contributed by atoms with E-state index in [0.717, 1.165) is 25.9 Å². The summed E-state index contributed by atoms with van der Waals surface area (Å²) in [7, 11) is 0. The van der Waals surface area contributed by atoms with Crippen molar-refractivity contribution in [3.63, 3.8) is 0 Å². The largest absolute Gasteiger partial charge is 0.343 e. The van der Waals surface area contributed by atoms with Gasteiger partial charge in [0, 0.05) is 38.2 Å². The molecule has 1 aromatic carbocycles. The molecule has 2 rings (SSSR count). The molecule has 0 bridgehead atoms. The molecule has 1 aliphatic heterocycles. The number of benzene rings is 1. The van der Waals surface area contributed by atoms with Gasteiger partial charge in [-0.3, -0.25) is 4.79 Å². The zero-order valence-corrected chi connectivity index (χ0v) is 12.8. The third-order valence-electron chi connectivity index (χ3n) is 3.70. The second-order valence-electron chi connectivity index (χ2n) is 5.37. The van der Waals surface area contributed by atoms with Crippen LogP contribution in [-0.4, -0.2) is 36.5 Å². The average Bonchev–Trinajstić information content (AvgIpc) is 3.08. The highest BCUT2D eigenvalue weighted by atomic mass is 19.1. The van der Waals surface area contributed by atoms with Crippen molar-refractivity contribution in [2.45, 2.75) is 25.8 Å². The Labute approximate surface area is 134 Å². The first-order chi connectivity index (χ1) is 11.1. The highest BCUT2D eigenvalue weighted by Gasteiger charge is 2.17. The molecule has 1 aromatic rings. The van der Waals surface area contributed by atoms with Gasteiger partial charge in [-0.05, 0) is 31.0 Å². The summed E-state index contributed by atoms with van der Waals surface area (Å²) in [5.41, 5.74) is 0.576. The molecule has 0 saturated carbocycles. The lowest BCUT2D eigenvalue weighted by atomic mass is 10.1. The van der Waals surface area contributed by atoms with Gasteiger partial charge in [0.15, 0.2) is 0 Å². The summed E-state index contributed by atoms with van der Waals surface area (Å²) >= 11 is 0. The van der Waals surface area contributed by atoms with Crippen LogP contribution in [0.5, 0.6) is 0 Å². The Balaban J connectivity index is 1.71. The molecule has 1 fully saturated rings. The van der Waals surface area contributed by atoms with Crippen LogP contribution in [0.25, 0.3) is 0 Å². The van der Waals surface area contributed by atoms with E-state index in [-0.39, 0.29) is 31.0 Å². The van der Waals surface area contributed by atoms with Crippen LogP contribution in [0.15, 0.2) is 18.2 Å². The van der Waals surface area contributed by atoms with Gasteiger partial charge in [-0.15, -0.1) is 0 Å². The van der Waals surface area contributed by atoms with Crippen LogP contribution in [0.4, 0.5) is 9.18 Å². The van der Waals surface area contributed by atoms with Crippen molar-refractivity contribution in [2.75, 3.05) is 19.6 Å². The van der Waals surface area contributed by atoms with Crippen molar-refractivity contribution >= 4 is 11.9 Å². The summed E-state index contributed by atoms with van der Waals surface area (Å²) in [6.45, 7) is 1.80. The van der Waals surface area contributed by atoms with Gasteiger partial charge in [-0.2, -0.15) is 5.26 Å². The Hall–Kier alpha value is -2.62. The maximum Gasteiger partial charge on any atom is 0.315 e. The van der Waals surface area contributed by atoms with Gasteiger partial charge in [0.2, 0.25) is 5.91 Å². The molecule has 6 nitrogen and oxygen atoms in total. The number of urea groups is 1. The Kier molecular flexibility index (Phi) is 5.92. The number of nitriles is 1. The molecule has 1 saturated heterocycles. The number of amides is 3. The third kappa shape index (κ3) is 4.95. The van der Waals surface area contributed by atoms with Crippen LogP contribution in [0.2, 0.25) is 0 Å². The summed E-state index contributed by atoms with van der Waals surface area (Å²) in [6.07, 6.45) is 2.33. The Bertz CT molecular complexity index is 621. The number of carbonyl (C=O) groups excluding carboxylic acids is 2. The molecule has 0 radical (unpaired) electrons. The molecule has 7 heteroatoms. The number of likely N-dealkylation sites (tertiary alicyclic amines) is 1. The number of carbonyl (C=O) groups is 2. The van der Waals surface area contributed by atoms with E-state index >= 15 is 0 Å². The third-order valence-corrected chi connectivity index (χ3v) is 3.70. The first kappa shape index (κ1) is 16.7. The van der Waals surface area contributed by atoms with Crippen LogP contribution in [0.1, 0.15) is 30.4 Å². The maximum absolute atomic E-state index is 13.6. The molecule has 0 spiro atoms. The molecule has 0 unspecified atom stereocenters. The molecule has 0 aromatic heterocycles. The van der Waals surface area contributed by atoms with Crippen molar-refractivity contribution in [1.82, 2.24) is 15.5 Å². The number of nitrogens with one attached hydrogen (secondary N) is 2. The molecule has 1 heterocycles. The van der Waals surface area contributed by atoms with Crippen LogP contribution >= 0.6 is 0 Å². The lowest BCUT2D eigenvalue weighted by Gasteiger charge is -2.15. The molecule has 0 atom stereocenters. The zero-order valence-electron chi connectivity index (χ0n) is 12.8. The van der Waals surface area contributed by atoms with E-state index < -0.39 is 11.8 Å². The van der Waals surface area contributed by atoms with E-state index in [1.165, 1.54) is 18.2 Å². The van der Waals surface area contributed by atoms with E-state index in [0.29, 0.717) is 5.56 Å². The quantitative estimate of drug-likeness (QED) is 0.863. The Morgan fingerprint density at radius 2 is 2.00 bits per heavy atom. The second kappa shape index (κ2) is 8.13. The number of rotatable bonds is 5. The van der Waals surface area contributed by atoms with Crippen molar-refractivity contribution in [3.8, 4) is 6.07 Å². The van der Waals surface area contributed by atoms with Gasteiger partial charge in [-0.25, -0.2) is 9.18 Å². The van der Waals surface area contributed by atoms with E-state index in [1.807, 2.05) is 6.07 Å². The lowest BCUT2D eigenvalue weighted by molar-refractivity contribution is -0.129. The van der Waals surface area contributed by atoms with Gasteiger partial charge < -0.3 is 15.5 Å². The van der Waals surface area contributed by atoms with Crippen LogP contribution in [0, 0.1) is 17.1 Å². The molecule has 0 aliphatic carbocycles. The summed E-state index contributed by atoms with van der Waals surface area (Å²) in [5.74, 6) is -0.441. The number of hydrogen-bond acceptors (Lipinski definition) is 3. The summed E-state index contributed by atoms with van der Waals surface area (Å²) in [5, 5.41) is 13.9. The topological polar surface area (TPSA) is 85.2 Å². The normalized spacial score (nSPS) is 13.5. The van der Waals surface area contributed by atoms with Gasteiger partial charge >= 0.3 is 6.03 Å². The van der Waals surface area contributed by atoms with E-state index in [2.05, 4.69) is 10.6 Å². The first-order valence-electron chi connectivity index (χ1n) is 7.58. The van der Waals surface area contributed by atoms with E-state index in [4.69, 9.17) is 5.26 Å². The van der Waals surface area contributed by atoms with Crippen LogP contribution in [-0.2, 0) is 11.3 Å². The van der Waals surface area contributed by atoms with Gasteiger partial charge in [0.05, 0.1) is 11.6 Å². The molecule has 122 valence electrons. The molecule has 1 aliphatic rings. The molecule has 23 heavy (non-hydrogen) atoms. The Morgan fingerprint density at radius 1 is 1.26 bits per heavy atom. The molecule has 3 amide bonds. The first-order valence-corrected chi connectivity index (χ1v) is 7.58. The fourth-order valence-electron chi connectivity index (χ4n) is 2.43. The fourth-order valence-corrected chi connectivity index (χ4v) is 2.43. The Morgan fingerprint density at radius 3 is 2.70 bits per heavy atom. The summed E-state index contributed by atoms with van der Waals surface area (Å²) in [6, 6.07) is 5.42. The highest BCUT2D eigenvalue weighted by molar-refractivity contribution is 5.78. The minimum absolute atomic E-state index is 0.0206. The van der Waals surface area contributed by atoms with Gasteiger partial charge in [0.25, 0.3) is 0 Å². The van der Waals surface area contributed by atoms with E-state index in [9.17, 15) is 14.0 Å². The highest BCUT2D eigenvalue weighted by Crippen LogP contribution is 2.10. The predicted molar refractivity (Wildman–Crippen MR) is 81.8 cm³/mol. The van der Waals surface area contributed by atoms with Crippen molar-refractivity contribution in [2.24, 2.45) is 0 Å². The van der Waals surface area contributed by atoms with E-state index in [1.54, 1.807) is 4.90 Å². The fraction of sp³-hybridized carbons (Fsp3) is 0.438. The standard InChI is InChI=1S/C16H19FN4O2/c17-14-4-3-12(10-18)9-13(14)11-20-16(23)19-6-5-15(22)21-7-1-2-8-21/h3-4,9H,1-2,5-8,11H2,(H2,19,20,23). The SMILES string of the molecule is N#Cc1ccc(F)c(CNC(=O)NCCC(=O)N2CCCC2)c1. The monoisotopic (exact) mass is 318 g/mol. The van der Waals surface area contributed by atoms with Gasteiger partial charge in [-0.1, -0.05) is 0 Å². The van der Waals surface area contributed by atoms with Crippen molar-refractivity contribution in [3.05, 3.63) is 35.1 Å². The second-order valence-corrected chi connectivity index (χ2v) is 5.37. The molecule has 2 N–H and O–H groups in total. The number of halogens is 1. The van der Waals surface area contributed by atoms with Gasteiger partial charge in [0.1, 0.15) is 5.82 Å². The zero-order chi connectivity index (χ0) is 16.7. The maximum atomic E-state index is 13.6. The summed E-state index contributed by atoms with van der Waals surface area (Å²) < 4.78 is 13.6. The van der Waals surface area contributed by atoms with Crippen molar-refractivity contribution in [1.29, 1.82) is 5.26 Å². The minimum Gasteiger partial charge on any atom is -0.343 e. The smallest absolute Gasteiger partial charge is 0.315 e. The number of nitrogens with zero attached hydrogens (tertiary/aromatic N) is 2. The number of hydrogen-bond donors (Lipinski definition) is 2. The summed E-state index contributed by atoms with van der Waals surface area (Å²) in [4.78, 5) is 25.2. The van der Waals surface area contributed by atoms with Crippen molar-refractivity contribution < 1.29 is 14.0 Å².